The number of thiazole rings is 1. The largest absolute Gasteiger partial charge is 0.351 e. The van der Waals surface area contributed by atoms with E-state index in [2.05, 4.69) is 36.0 Å². The summed E-state index contributed by atoms with van der Waals surface area (Å²) < 4.78 is 6.21. The van der Waals surface area contributed by atoms with E-state index in [0.717, 1.165) is 23.7 Å². The second-order valence-electron chi connectivity index (χ2n) is 6.08. The number of piperazine rings is 1. The number of aryl methyl sites for hydroxylation is 2. The number of carbonyl (C=O) groups excluding carboxylic acids is 1. The van der Waals surface area contributed by atoms with Gasteiger partial charge in [-0.15, -0.1) is 0 Å². The van der Waals surface area contributed by atoms with Crippen LogP contribution in [0.4, 0.5) is 5.13 Å². The molecule has 7 heteroatoms. The van der Waals surface area contributed by atoms with Crippen LogP contribution in [0.25, 0.3) is 10.2 Å². The molecular formula is C17H18N4O2S. The van der Waals surface area contributed by atoms with Gasteiger partial charge in [-0.1, -0.05) is 22.6 Å². The van der Waals surface area contributed by atoms with Crippen molar-refractivity contribution in [2.24, 2.45) is 0 Å². The summed E-state index contributed by atoms with van der Waals surface area (Å²) in [5.74, 6) is 0.206. The van der Waals surface area contributed by atoms with E-state index in [-0.39, 0.29) is 5.91 Å². The first kappa shape index (κ1) is 15.1. The number of rotatable bonds is 2. The number of hydrogen-bond donors (Lipinski definition) is 0. The van der Waals surface area contributed by atoms with Crippen molar-refractivity contribution in [2.45, 2.75) is 13.8 Å². The van der Waals surface area contributed by atoms with E-state index in [4.69, 9.17) is 9.51 Å². The number of amides is 1. The average Bonchev–Trinajstić information content (AvgIpc) is 3.24. The monoisotopic (exact) mass is 342 g/mol. The van der Waals surface area contributed by atoms with E-state index < -0.39 is 0 Å². The van der Waals surface area contributed by atoms with Crippen molar-refractivity contribution in [3.8, 4) is 0 Å². The summed E-state index contributed by atoms with van der Waals surface area (Å²) >= 11 is 1.73. The van der Waals surface area contributed by atoms with E-state index in [1.807, 2.05) is 0 Å². The molecule has 1 saturated heterocycles. The Bertz CT molecular complexity index is 880. The second kappa shape index (κ2) is 5.90. The van der Waals surface area contributed by atoms with Gasteiger partial charge in [-0.05, 0) is 31.0 Å². The molecule has 1 aromatic carbocycles. The van der Waals surface area contributed by atoms with Gasteiger partial charge in [0, 0.05) is 32.2 Å². The molecule has 1 fully saturated rings. The van der Waals surface area contributed by atoms with E-state index >= 15 is 0 Å². The van der Waals surface area contributed by atoms with Crippen molar-refractivity contribution in [1.82, 2.24) is 15.0 Å². The fraction of sp³-hybridized carbons (Fsp3) is 0.353. The molecule has 3 aromatic rings. The summed E-state index contributed by atoms with van der Waals surface area (Å²) in [6.07, 6.45) is 1.49. The Morgan fingerprint density at radius 1 is 1.21 bits per heavy atom. The van der Waals surface area contributed by atoms with Crippen LogP contribution in [-0.4, -0.2) is 47.1 Å². The van der Waals surface area contributed by atoms with Crippen molar-refractivity contribution in [1.29, 1.82) is 0 Å². The highest BCUT2D eigenvalue weighted by Crippen LogP contribution is 2.32. The smallest absolute Gasteiger partial charge is 0.292 e. The maximum Gasteiger partial charge on any atom is 0.292 e. The Kier molecular flexibility index (Phi) is 3.72. The number of aromatic nitrogens is 2. The Hall–Kier alpha value is -2.41. The molecule has 24 heavy (non-hydrogen) atoms. The third kappa shape index (κ3) is 2.65. The van der Waals surface area contributed by atoms with Gasteiger partial charge in [-0.3, -0.25) is 4.79 Å². The second-order valence-corrected chi connectivity index (χ2v) is 7.06. The molecule has 0 N–H and O–H groups in total. The molecule has 0 bridgehead atoms. The maximum atomic E-state index is 12.3. The van der Waals surface area contributed by atoms with Crippen LogP contribution >= 0.6 is 11.3 Å². The summed E-state index contributed by atoms with van der Waals surface area (Å²) in [7, 11) is 0. The number of benzene rings is 1. The first-order valence-corrected chi connectivity index (χ1v) is 8.76. The van der Waals surface area contributed by atoms with Gasteiger partial charge in [0.05, 0.1) is 16.4 Å². The van der Waals surface area contributed by atoms with Gasteiger partial charge in [0.25, 0.3) is 5.91 Å². The zero-order valence-corrected chi connectivity index (χ0v) is 14.5. The molecule has 3 heterocycles. The zero-order chi connectivity index (χ0) is 16.7. The zero-order valence-electron chi connectivity index (χ0n) is 13.7. The molecule has 0 radical (unpaired) electrons. The quantitative estimate of drug-likeness (QED) is 0.717. The minimum Gasteiger partial charge on any atom is -0.351 e. The van der Waals surface area contributed by atoms with Crippen LogP contribution in [0, 0.1) is 13.8 Å². The van der Waals surface area contributed by atoms with Crippen molar-refractivity contribution in [3.63, 3.8) is 0 Å². The van der Waals surface area contributed by atoms with Gasteiger partial charge in [0.1, 0.15) is 0 Å². The molecule has 1 amide bonds. The molecule has 124 valence electrons. The molecule has 0 aliphatic carbocycles. The topological polar surface area (TPSA) is 62.5 Å². The number of nitrogens with zero attached hydrogens (tertiary/aromatic N) is 4. The average molecular weight is 342 g/mol. The number of carbonyl (C=O) groups is 1. The lowest BCUT2D eigenvalue weighted by atomic mass is 10.1. The molecule has 1 aliphatic heterocycles. The van der Waals surface area contributed by atoms with Crippen LogP contribution in [0.2, 0.25) is 0 Å². The fourth-order valence-corrected chi connectivity index (χ4v) is 4.15. The summed E-state index contributed by atoms with van der Waals surface area (Å²) in [6, 6.07) is 5.93. The van der Waals surface area contributed by atoms with E-state index in [9.17, 15) is 4.79 Å². The number of hydrogen-bond acceptors (Lipinski definition) is 6. The van der Waals surface area contributed by atoms with Crippen molar-refractivity contribution < 1.29 is 9.32 Å². The highest BCUT2D eigenvalue weighted by atomic mass is 32.1. The van der Waals surface area contributed by atoms with Crippen molar-refractivity contribution >= 4 is 32.6 Å². The molecular weight excluding hydrogens is 324 g/mol. The minimum atomic E-state index is -0.0945. The first-order valence-electron chi connectivity index (χ1n) is 7.94. The first-order chi connectivity index (χ1) is 11.6. The molecule has 0 spiro atoms. The van der Waals surface area contributed by atoms with E-state index in [1.54, 1.807) is 22.3 Å². The van der Waals surface area contributed by atoms with Gasteiger partial charge in [-0.2, -0.15) is 0 Å². The number of anilines is 1. The predicted octanol–water partition coefficient (Wildman–Crippen LogP) is 2.86. The van der Waals surface area contributed by atoms with Crippen LogP contribution in [-0.2, 0) is 0 Å². The lowest BCUT2D eigenvalue weighted by molar-refractivity contribution is 0.0705. The van der Waals surface area contributed by atoms with Gasteiger partial charge >= 0.3 is 0 Å². The third-order valence-corrected chi connectivity index (χ3v) is 5.56. The van der Waals surface area contributed by atoms with E-state index in [1.165, 1.54) is 22.0 Å². The molecule has 0 unspecified atom stereocenters. The van der Waals surface area contributed by atoms with Gasteiger partial charge in [0.15, 0.2) is 5.13 Å². The molecule has 6 nitrogen and oxygen atoms in total. The van der Waals surface area contributed by atoms with Crippen molar-refractivity contribution in [3.05, 3.63) is 41.3 Å². The van der Waals surface area contributed by atoms with Gasteiger partial charge < -0.3 is 14.3 Å². The Balaban J connectivity index is 1.50. The standard InChI is InChI=1S/C17H18N4O2S/c1-11-9-12(2)15-13(10-11)19-17(24-15)21-7-5-20(6-8-21)16(22)14-3-4-18-23-14/h3-4,9-10H,5-8H2,1-2H3. The normalized spacial score (nSPS) is 15.2. The van der Waals surface area contributed by atoms with Crippen LogP contribution in [0.1, 0.15) is 21.7 Å². The Labute approximate surface area is 143 Å². The predicted molar refractivity (Wildman–Crippen MR) is 93.7 cm³/mol. The van der Waals surface area contributed by atoms with Crippen LogP contribution in [0.5, 0.6) is 0 Å². The fourth-order valence-electron chi connectivity index (χ4n) is 3.08. The van der Waals surface area contributed by atoms with Crippen LogP contribution < -0.4 is 4.90 Å². The SMILES string of the molecule is Cc1cc(C)c2sc(N3CCN(C(=O)c4ccno4)CC3)nc2c1. The maximum absolute atomic E-state index is 12.3. The van der Waals surface area contributed by atoms with Crippen LogP contribution in [0.3, 0.4) is 0 Å². The summed E-state index contributed by atoms with van der Waals surface area (Å²) in [4.78, 5) is 21.1. The van der Waals surface area contributed by atoms with E-state index in [0.29, 0.717) is 18.8 Å². The molecule has 2 aromatic heterocycles. The highest BCUT2D eigenvalue weighted by Gasteiger charge is 2.25. The Morgan fingerprint density at radius 2 is 2.00 bits per heavy atom. The number of fused-ring (bicyclic) bond motifs is 1. The lowest BCUT2D eigenvalue weighted by Gasteiger charge is -2.33. The van der Waals surface area contributed by atoms with Crippen LogP contribution in [0.15, 0.2) is 28.9 Å². The Morgan fingerprint density at radius 3 is 2.71 bits per heavy atom. The van der Waals surface area contributed by atoms with Gasteiger partial charge in [-0.25, -0.2) is 4.98 Å². The molecule has 0 saturated carbocycles. The molecule has 4 rings (SSSR count). The molecule has 1 aliphatic rings. The third-order valence-electron chi connectivity index (χ3n) is 4.29. The summed E-state index contributed by atoms with van der Waals surface area (Å²) in [5.41, 5.74) is 3.57. The summed E-state index contributed by atoms with van der Waals surface area (Å²) in [5, 5.41) is 4.63. The summed E-state index contributed by atoms with van der Waals surface area (Å²) in [6.45, 7) is 7.10. The highest BCUT2D eigenvalue weighted by molar-refractivity contribution is 7.22. The minimum absolute atomic E-state index is 0.0945. The molecule has 0 atom stereocenters. The van der Waals surface area contributed by atoms with Gasteiger partial charge in [0.2, 0.25) is 5.76 Å². The van der Waals surface area contributed by atoms with Crippen molar-refractivity contribution in [2.75, 3.05) is 31.1 Å². The lowest BCUT2D eigenvalue weighted by Crippen LogP contribution is -2.48.